The first-order chi connectivity index (χ1) is 9.04. The molecule has 19 heavy (non-hydrogen) atoms. The van der Waals surface area contributed by atoms with Crippen molar-refractivity contribution in [3.63, 3.8) is 0 Å². The third-order valence-corrected chi connectivity index (χ3v) is 4.19. The van der Waals surface area contributed by atoms with Crippen molar-refractivity contribution >= 4 is 28.9 Å². The normalized spacial score (nSPS) is 16.5. The fourth-order valence-electron chi connectivity index (χ4n) is 2.39. The number of nitrogens with one attached hydrogen (secondary N) is 1. The summed E-state index contributed by atoms with van der Waals surface area (Å²) in [5, 5.41) is 1.62. The number of carbonyl (C=O) groups is 2. The van der Waals surface area contributed by atoms with Gasteiger partial charge in [-0.3, -0.25) is 20.0 Å². The molecular weight excluding hydrogens is 260 g/mol. The first-order valence-corrected chi connectivity index (χ1v) is 7.54. The van der Waals surface area contributed by atoms with Crippen LogP contribution in [0.4, 0.5) is 0 Å². The molecule has 0 heterocycles. The van der Waals surface area contributed by atoms with Crippen LogP contribution in [0.1, 0.15) is 58.3 Å². The van der Waals surface area contributed by atoms with Crippen LogP contribution in [0.3, 0.4) is 0 Å². The van der Waals surface area contributed by atoms with Gasteiger partial charge < -0.3 is 0 Å². The summed E-state index contributed by atoms with van der Waals surface area (Å²) in [4.78, 5) is 23.6. The lowest BCUT2D eigenvalue weighted by Gasteiger charge is -2.26. The second-order valence-electron chi connectivity index (χ2n) is 5.19. The number of ketones is 1. The van der Waals surface area contributed by atoms with Gasteiger partial charge in [0, 0.05) is 19.4 Å². The molecule has 1 amide bonds. The highest BCUT2D eigenvalue weighted by molar-refractivity contribution is 7.80. The minimum atomic E-state index is -0.273. The molecule has 0 bridgehead atoms. The van der Waals surface area contributed by atoms with Gasteiger partial charge >= 0.3 is 0 Å². The lowest BCUT2D eigenvalue weighted by atomic mass is 10.0. The summed E-state index contributed by atoms with van der Waals surface area (Å²) >= 11 is 5.44. The van der Waals surface area contributed by atoms with Gasteiger partial charge in [-0.25, -0.2) is 0 Å². The van der Waals surface area contributed by atoms with Gasteiger partial charge in [-0.05, 0) is 12.8 Å². The van der Waals surface area contributed by atoms with Crippen LogP contribution < -0.4 is 5.43 Å². The molecule has 0 aromatic rings. The highest BCUT2D eigenvalue weighted by atomic mass is 32.1. The summed E-state index contributed by atoms with van der Waals surface area (Å²) in [6.45, 7) is 1.76. The van der Waals surface area contributed by atoms with E-state index in [2.05, 4.69) is 5.43 Å². The Labute approximate surface area is 120 Å². The van der Waals surface area contributed by atoms with Crippen LogP contribution in [0.25, 0.3) is 0 Å². The molecule has 0 radical (unpaired) electrons. The van der Waals surface area contributed by atoms with Crippen molar-refractivity contribution in [3.05, 3.63) is 0 Å². The van der Waals surface area contributed by atoms with Crippen LogP contribution in [-0.2, 0) is 9.59 Å². The number of hydrogen-bond acceptors (Lipinski definition) is 3. The maximum atomic E-state index is 11.6. The van der Waals surface area contributed by atoms with Gasteiger partial charge in [-0.2, -0.15) is 0 Å². The molecule has 0 aliphatic heterocycles. The van der Waals surface area contributed by atoms with Gasteiger partial charge in [-0.1, -0.05) is 44.8 Å². The molecule has 0 aromatic carbocycles. The van der Waals surface area contributed by atoms with Crippen LogP contribution in [0.2, 0.25) is 0 Å². The van der Waals surface area contributed by atoms with Crippen molar-refractivity contribution in [2.24, 2.45) is 5.92 Å². The summed E-state index contributed by atoms with van der Waals surface area (Å²) in [6.07, 6.45) is 7.51. The number of hydrogen-bond donors (Lipinski definition) is 1. The van der Waals surface area contributed by atoms with E-state index >= 15 is 0 Å². The SMILES string of the molecule is CCC(=O)CC(=O)NN(C)C(=S)C1CCCCCC1. The largest absolute Gasteiger partial charge is 0.299 e. The summed E-state index contributed by atoms with van der Waals surface area (Å²) in [6, 6.07) is 0. The predicted octanol–water partition coefficient (Wildman–Crippen LogP) is 2.62. The number of thiocarbonyl (C=S) groups is 1. The lowest BCUT2D eigenvalue weighted by molar-refractivity contribution is -0.129. The van der Waals surface area contributed by atoms with Crippen molar-refractivity contribution in [3.8, 4) is 0 Å². The Bertz CT molecular complexity index is 336. The second kappa shape index (κ2) is 8.25. The number of carbonyl (C=O) groups excluding carboxylic acids is 2. The first-order valence-electron chi connectivity index (χ1n) is 7.13. The molecular formula is C14H24N2O2S. The summed E-state index contributed by atoms with van der Waals surface area (Å²) in [5.74, 6) is 0.0567. The number of rotatable bonds is 4. The van der Waals surface area contributed by atoms with E-state index in [1.807, 2.05) is 0 Å². The van der Waals surface area contributed by atoms with E-state index in [0.29, 0.717) is 12.3 Å². The van der Waals surface area contributed by atoms with Crippen molar-refractivity contribution in [1.29, 1.82) is 0 Å². The fraction of sp³-hybridized carbons (Fsp3) is 0.786. The quantitative estimate of drug-likeness (QED) is 0.373. The minimum Gasteiger partial charge on any atom is -0.299 e. The summed E-state index contributed by atoms with van der Waals surface area (Å²) < 4.78 is 0. The molecule has 4 nitrogen and oxygen atoms in total. The zero-order valence-electron chi connectivity index (χ0n) is 11.9. The highest BCUT2D eigenvalue weighted by Gasteiger charge is 2.21. The van der Waals surface area contributed by atoms with Crippen LogP contribution in [0, 0.1) is 5.92 Å². The average Bonchev–Trinajstić information content (AvgIpc) is 2.66. The zero-order chi connectivity index (χ0) is 14.3. The third kappa shape index (κ3) is 5.68. The van der Waals surface area contributed by atoms with Gasteiger partial charge in [0.15, 0.2) is 0 Å². The van der Waals surface area contributed by atoms with E-state index in [4.69, 9.17) is 12.2 Å². The van der Waals surface area contributed by atoms with Crippen LogP contribution in [0.5, 0.6) is 0 Å². The molecule has 5 heteroatoms. The number of Topliss-reactive ketones (excluding diaryl/α,β-unsaturated/α-hetero) is 1. The molecule has 0 atom stereocenters. The molecule has 1 rings (SSSR count). The smallest absolute Gasteiger partial charge is 0.245 e. The Morgan fingerprint density at radius 2 is 1.79 bits per heavy atom. The Morgan fingerprint density at radius 3 is 2.32 bits per heavy atom. The number of amides is 1. The predicted molar refractivity (Wildman–Crippen MR) is 79.6 cm³/mol. The second-order valence-corrected chi connectivity index (χ2v) is 5.61. The van der Waals surface area contributed by atoms with Crippen molar-refractivity contribution in [2.75, 3.05) is 7.05 Å². The van der Waals surface area contributed by atoms with Gasteiger partial charge in [0.25, 0.3) is 0 Å². The number of nitrogens with zero attached hydrogens (tertiary/aromatic N) is 1. The molecule has 1 aliphatic carbocycles. The maximum Gasteiger partial charge on any atom is 0.245 e. The molecule has 108 valence electrons. The Kier molecular flexibility index (Phi) is 6.99. The van der Waals surface area contributed by atoms with E-state index in [1.54, 1.807) is 19.0 Å². The van der Waals surface area contributed by atoms with Crippen LogP contribution >= 0.6 is 12.2 Å². The van der Waals surface area contributed by atoms with Gasteiger partial charge in [0.05, 0.1) is 11.4 Å². The van der Waals surface area contributed by atoms with E-state index in [9.17, 15) is 9.59 Å². The zero-order valence-corrected chi connectivity index (χ0v) is 12.7. The third-order valence-electron chi connectivity index (χ3n) is 3.58. The van der Waals surface area contributed by atoms with Crippen molar-refractivity contribution in [1.82, 2.24) is 10.4 Å². The summed E-state index contributed by atoms with van der Waals surface area (Å²) in [7, 11) is 1.77. The Morgan fingerprint density at radius 1 is 1.21 bits per heavy atom. The molecule has 0 spiro atoms. The molecule has 1 fully saturated rings. The van der Waals surface area contributed by atoms with Crippen molar-refractivity contribution in [2.45, 2.75) is 58.3 Å². The van der Waals surface area contributed by atoms with Crippen LogP contribution in [-0.4, -0.2) is 28.7 Å². The molecule has 0 unspecified atom stereocenters. The standard InChI is InChI=1S/C14H24N2O2S/c1-3-12(17)10-13(18)15-16(2)14(19)11-8-6-4-5-7-9-11/h11H,3-10H2,1-2H3,(H,15,18). The maximum absolute atomic E-state index is 11.6. The molecule has 0 aromatic heterocycles. The topological polar surface area (TPSA) is 49.4 Å². The monoisotopic (exact) mass is 284 g/mol. The number of hydrazine groups is 1. The van der Waals surface area contributed by atoms with Gasteiger partial charge in [-0.15, -0.1) is 0 Å². The van der Waals surface area contributed by atoms with E-state index in [-0.39, 0.29) is 18.1 Å². The molecule has 1 saturated carbocycles. The van der Waals surface area contributed by atoms with Crippen molar-refractivity contribution < 1.29 is 9.59 Å². The fourth-order valence-corrected chi connectivity index (χ4v) is 2.67. The van der Waals surface area contributed by atoms with Gasteiger partial charge in [0.1, 0.15) is 5.78 Å². The first kappa shape index (κ1) is 16.1. The Hall–Kier alpha value is -0.970. The van der Waals surface area contributed by atoms with E-state index in [1.165, 1.54) is 25.7 Å². The lowest BCUT2D eigenvalue weighted by Crippen LogP contribution is -2.45. The van der Waals surface area contributed by atoms with E-state index < -0.39 is 0 Å². The minimum absolute atomic E-state index is 0.0497. The van der Waals surface area contributed by atoms with Gasteiger partial charge in [0.2, 0.25) is 5.91 Å². The van der Waals surface area contributed by atoms with E-state index in [0.717, 1.165) is 17.8 Å². The Balaban J connectivity index is 2.42. The highest BCUT2D eigenvalue weighted by Crippen LogP contribution is 2.24. The molecule has 1 aliphatic rings. The van der Waals surface area contributed by atoms with Crippen LogP contribution in [0.15, 0.2) is 0 Å². The molecule has 1 N–H and O–H groups in total. The molecule has 0 saturated heterocycles. The average molecular weight is 284 g/mol. The summed E-state index contributed by atoms with van der Waals surface area (Å²) in [5.41, 5.74) is 2.69.